The van der Waals surface area contributed by atoms with Gasteiger partial charge < -0.3 is 19.7 Å². The smallest absolute Gasteiger partial charge is 0.125 e. The van der Waals surface area contributed by atoms with Crippen LogP contribution in [0.2, 0.25) is 0 Å². The summed E-state index contributed by atoms with van der Waals surface area (Å²) in [6, 6.07) is 8.40. The summed E-state index contributed by atoms with van der Waals surface area (Å²) >= 11 is 0. The summed E-state index contributed by atoms with van der Waals surface area (Å²) in [6.07, 6.45) is 0. The molecule has 0 aliphatic heterocycles. The van der Waals surface area contributed by atoms with E-state index in [1.54, 1.807) is 0 Å². The van der Waals surface area contributed by atoms with Crippen molar-refractivity contribution in [1.29, 1.82) is 0 Å². The zero-order valence-electron chi connectivity index (χ0n) is 14.8. The molecule has 2 N–H and O–H groups in total. The molecule has 0 saturated carbocycles. The van der Waals surface area contributed by atoms with Crippen LogP contribution in [-0.2, 0) is 0 Å². The molecule has 4 heteroatoms. The lowest BCUT2D eigenvalue weighted by molar-refractivity contribution is 0.200. The van der Waals surface area contributed by atoms with E-state index in [0.29, 0.717) is 13.2 Å². The first-order valence-electron chi connectivity index (χ1n) is 8.18. The highest BCUT2D eigenvalue weighted by Gasteiger charge is 2.11. The highest BCUT2D eigenvalue weighted by atomic mass is 16.5. The Balaban J connectivity index is 2.38. The topological polar surface area (TPSA) is 58.9 Å². The fraction of sp³-hybridized carbons (Fsp3) is 0.400. The zero-order valence-corrected chi connectivity index (χ0v) is 14.8. The number of aryl methyl sites for hydroxylation is 4. The Bertz CT molecular complexity index is 599. The summed E-state index contributed by atoms with van der Waals surface area (Å²) < 4.78 is 11.2. The fourth-order valence-electron chi connectivity index (χ4n) is 2.98. The number of aliphatic hydroxyl groups is 2. The van der Waals surface area contributed by atoms with Crippen LogP contribution < -0.4 is 9.47 Å². The highest BCUT2D eigenvalue weighted by molar-refractivity contribution is 5.70. The predicted molar refractivity (Wildman–Crippen MR) is 96.0 cm³/mol. The minimum atomic E-state index is 0.00826. The van der Waals surface area contributed by atoms with Gasteiger partial charge in [-0.15, -0.1) is 0 Å². The van der Waals surface area contributed by atoms with Gasteiger partial charge in [-0.05, 0) is 85.3 Å². The molecule has 24 heavy (non-hydrogen) atoms. The standard InChI is InChI=1S/C20H26O4/c1-13-9-17(10-14(2)19(13)23-7-5-21)18-11-15(3)20(16(4)12-18)24-8-6-22/h9-12,21-22H,5-8H2,1-4H3. The van der Waals surface area contributed by atoms with Gasteiger partial charge >= 0.3 is 0 Å². The fourth-order valence-corrected chi connectivity index (χ4v) is 2.98. The third-order valence-electron chi connectivity index (χ3n) is 3.93. The van der Waals surface area contributed by atoms with Crippen molar-refractivity contribution in [3.63, 3.8) is 0 Å². The molecule has 0 spiro atoms. The van der Waals surface area contributed by atoms with E-state index >= 15 is 0 Å². The van der Waals surface area contributed by atoms with Crippen LogP contribution in [0.15, 0.2) is 24.3 Å². The van der Waals surface area contributed by atoms with Gasteiger partial charge in [0.2, 0.25) is 0 Å². The molecule has 0 aliphatic rings. The van der Waals surface area contributed by atoms with Gasteiger partial charge in [-0.1, -0.05) is 0 Å². The Hall–Kier alpha value is -2.04. The predicted octanol–water partition coefficient (Wildman–Crippen LogP) is 3.33. The van der Waals surface area contributed by atoms with Gasteiger partial charge in [0.1, 0.15) is 24.7 Å². The quantitative estimate of drug-likeness (QED) is 0.817. The third-order valence-corrected chi connectivity index (χ3v) is 3.93. The van der Waals surface area contributed by atoms with Gasteiger partial charge in [0, 0.05) is 0 Å². The van der Waals surface area contributed by atoms with Crippen molar-refractivity contribution in [3.8, 4) is 22.6 Å². The summed E-state index contributed by atoms with van der Waals surface area (Å²) in [5.74, 6) is 1.67. The van der Waals surface area contributed by atoms with Crippen molar-refractivity contribution in [1.82, 2.24) is 0 Å². The molecular formula is C20H26O4. The molecule has 4 nitrogen and oxygen atoms in total. The van der Waals surface area contributed by atoms with Crippen molar-refractivity contribution in [2.75, 3.05) is 26.4 Å². The van der Waals surface area contributed by atoms with E-state index in [0.717, 1.165) is 44.9 Å². The molecule has 0 atom stereocenters. The highest BCUT2D eigenvalue weighted by Crippen LogP contribution is 2.34. The first-order valence-corrected chi connectivity index (χ1v) is 8.18. The Morgan fingerprint density at radius 1 is 0.625 bits per heavy atom. The molecule has 0 fully saturated rings. The molecule has 0 saturated heterocycles. The first kappa shape index (κ1) is 18.3. The van der Waals surface area contributed by atoms with E-state index in [4.69, 9.17) is 19.7 Å². The van der Waals surface area contributed by atoms with Crippen LogP contribution in [-0.4, -0.2) is 36.6 Å². The summed E-state index contributed by atoms with van der Waals surface area (Å²) in [5, 5.41) is 17.9. The van der Waals surface area contributed by atoms with Gasteiger partial charge in [0.05, 0.1) is 13.2 Å². The molecule has 0 aliphatic carbocycles. The van der Waals surface area contributed by atoms with E-state index in [9.17, 15) is 0 Å². The first-order chi connectivity index (χ1) is 11.5. The number of rotatable bonds is 7. The minimum absolute atomic E-state index is 0.00826. The van der Waals surface area contributed by atoms with Crippen molar-refractivity contribution in [2.24, 2.45) is 0 Å². The zero-order chi connectivity index (χ0) is 17.7. The largest absolute Gasteiger partial charge is 0.491 e. The van der Waals surface area contributed by atoms with Crippen molar-refractivity contribution in [2.45, 2.75) is 27.7 Å². The summed E-state index contributed by atoms with van der Waals surface area (Å²) in [4.78, 5) is 0. The van der Waals surface area contributed by atoms with Crippen LogP contribution in [0.5, 0.6) is 11.5 Å². The lowest BCUT2D eigenvalue weighted by Gasteiger charge is -2.16. The molecule has 0 bridgehead atoms. The SMILES string of the molecule is Cc1cc(-c2cc(C)c(OCCO)c(C)c2)cc(C)c1OCCO. The number of benzene rings is 2. The molecule has 2 aromatic rings. The van der Waals surface area contributed by atoms with Crippen molar-refractivity contribution < 1.29 is 19.7 Å². The lowest BCUT2D eigenvalue weighted by atomic mass is 9.96. The van der Waals surface area contributed by atoms with Crippen LogP contribution >= 0.6 is 0 Å². The summed E-state index contributed by atoms with van der Waals surface area (Å²) in [5.41, 5.74) is 6.45. The normalized spacial score (nSPS) is 10.8. The van der Waals surface area contributed by atoms with E-state index in [-0.39, 0.29) is 13.2 Å². The van der Waals surface area contributed by atoms with Crippen LogP contribution in [0, 0.1) is 27.7 Å². The Labute approximate surface area is 143 Å². The molecule has 2 rings (SSSR count). The van der Waals surface area contributed by atoms with Gasteiger partial charge in [0.25, 0.3) is 0 Å². The number of hydrogen-bond donors (Lipinski definition) is 2. The Kier molecular flexibility index (Phi) is 6.23. The molecule has 0 amide bonds. The second-order valence-electron chi connectivity index (χ2n) is 6.02. The van der Waals surface area contributed by atoms with Crippen LogP contribution in [0.3, 0.4) is 0 Å². The van der Waals surface area contributed by atoms with Crippen molar-refractivity contribution >= 4 is 0 Å². The monoisotopic (exact) mass is 330 g/mol. The van der Waals surface area contributed by atoms with Gasteiger partial charge in [-0.2, -0.15) is 0 Å². The molecular weight excluding hydrogens is 304 g/mol. The van der Waals surface area contributed by atoms with Crippen LogP contribution in [0.25, 0.3) is 11.1 Å². The van der Waals surface area contributed by atoms with Crippen LogP contribution in [0.4, 0.5) is 0 Å². The van der Waals surface area contributed by atoms with Crippen molar-refractivity contribution in [3.05, 3.63) is 46.5 Å². The molecule has 130 valence electrons. The summed E-state index contributed by atoms with van der Waals surface area (Å²) in [7, 11) is 0. The van der Waals surface area contributed by atoms with E-state index in [1.165, 1.54) is 0 Å². The van der Waals surface area contributed by atoms with Gasteiger partial charge in [-0.3, -0.25) is 0 Å². The lowest BCUT2D eigenvalue weighted by Crippen LogP contribution is -2.05. The maximum atomic E-state index is 8.94. The second-order valence-corrected chi connectivity index (χ2v) is 6.02. The van der Waals surface area contributed by atoms with Gasteiger partial charge in [0.15, 0.2) is 0 Å². The second kappa shape index (κ2) is 8.18. The minimum Gasteiger partial charge on any atom is -0.491 e. The van der Waals surface area contributed by atoms with Gasteiger partial charge in [-0.25, -0.2) is 0 Å². The molecule has 0 radical (unpaired) electrons. The van der Waals surface area contributed by atoms with E-state index in [2.05, 4.69) is 24.3 Å². The van der Waals surface area contributed by atoms with E-state index < -0.39 is 0 Å². The molecule has 2 aromatic carbocycles. The molecule has 0 unspecified atom stereocenters. The molecule has 0 heterocycles. The Morgan fingerprint density at radius 3 is 1.17 bits per heavy atom. The van der Waals surface area contributed by atoms with Crippen LogP contribution in [0.1, 0.15) is 22.3 Å². The van der Waals surface area contributed by atoms with E-state index in [1.807, 2.05) is 27.7 Å². The maximum absolute atomic E-state index is 8.94. The third kappa shape index (κ3) is 4.08. The Morgan fingerprint density at radius 2 is 0.917 bits per heavy atom. The average molecular weight is 330 g/mol. The maximum Gasteiger partial charge on any atom is 0.125 e. The number of aliphatic hydroxyl groups excluding tert-OH is 2. The number of ether oxygens (including phenoxy) is 2. The average Bonchev–Trinajstić information content (AvgIpc) is 2.53. The number of hydrogen-bond acceptors (Lipinski definition) is 4. The molecule has 0 aromatic heterocycles. The summed E-state index contributed by atoms with van der Waals surface area (Å²) in [6.45, 7) is 8.68.